The number of aldehydes is 1. The third-order valence-electron chi connectivity index (χ3n) is 1.89. The third-order valence-corrected chi connectivity index (χ3v) is 1.89. The summed E-state index contributed by atoms with van der Waals surface area (Å²) in [5.74, 6) is -1.10. The van der Waals surface area contributed by atoms with E-state index in [2.05, 4.69) is 0 Å². The summed E-state index contributed by atoms with van der Waals surface area (Å²) in [6, 6.07) is 1.53. The van der Waals surface area contributed by atoms with Crippen LogP contribution in [0.25, 0.3) is 0 Å². The summed E-state index contributed by atoms with van der Waals surface area (Å²) in [6.07, 6.45) is 1.67. The van der Waals surface area contributed by atoms with Gasteiger partial charge >= 0.3 is 5.97 Å². The van der Waals surface area contributed by atoms with E-state index in [1.54, 1.807) is 0 Å². The molecule has 0 radical (unpaired) electrons. The Kier molecular flexibility index (Phi) is 3.79. The second-order valence-corrected chi connectivity index (χ2v) is 3.04. The molecule has 0 atom stereocenters. The minimum atomic E-state index is -1.01. The summed E-state index contributed by atoms with van der Waals surface area (Å²) in [5.41, 5.74) is 0.500. The van der Waals surface area contributed by atoms with E-state index >= 15 is 0 Å². The molecule has 5 nitrogen and oxygen atoms in total. The Hall–Kier alpha value is -1.91. The minimum Gasteiger partial charge on any atom is -0.481 e. The molecule has 0 aliphatic heterocycles. The van der Waals surface area contributed by atoms with Gasteiger partial charge in [0, 0.05) is 18.4 Å². The van der Waals surface area contributed by atoms with Crippen molar-refractivity contribution >= 4 is 18.0 Å². The van der Waals surface area contributed by atoms with Gasteiger partial charge in [0.15, 0.2) is 12.0 Å². The lowest BCUT2D eigenvalue weighted by Gasteiger charge is -1.96. The van der Waals surface area contributed by atoms with Gasteiger partial charge in [0.05, 0.1) is 12.7 Å². The zero-order chi connectivity index (χ0) is 11.3. The molecule has 0 saturated heterocycles. The number of carbonyl (C=O) groups excluding carboxylic acids is 2. The van der Waals surface area contributed by atoms with Gasteiger partial charge in [-0.2, -0.15) is 0 Å². The Bertz CT molecular complexity index is 377. The maximum absolute atomic E-state index is 11.3. The number of Topliss-reactive ketones (excluding diaryl/α,β-unsaturated/α-hetero) is 1. The van der Waals surface area contributed by atoms with Crippen molar-refractivity contribution in [2.24, 2.45) is 0 Å². The summed E-state index contributed by atoms with van der Waals surface area (Å²) in [7, 11) is 0. The van der Waals surface area contributed by atoms with Crippen molar-refractivity contribution in [1.29, 1.82) is 0 Å². The molecule has 15 heavy (non-hydrogen) atoms. The highest BCUT2D eigenvalue weighted by molar-refractivity contribution is 5.86. The van der Waals surface area contributed by atoms with Crippen LogP contribution in [0.1, 0.15) is 29.0 Å². The maximum atomic E-state index is 11.3. The molecule has 0 aliphatic rings. The maximum Gasteiger partial charge on any atom is 0.303 e. The van der Waals surface area contributed by atoms with E-state index in [0.717, 1.165) is 0 Å². The van der Waals surface area contributed by atoms with E-state index in [-0.39, 0.29) is 30.8 Å². The summed E-state index contributed by atoms with van der Waals surface area (Å²) in [5, 5.41) is 8.36. The molecule has 0 aliphatic carbocycles. The third kappa shape index (κ3) is 3.38. The molecule has 80 valence electrons. The SMILES string of the molecule is O=Cc1occc1CC(=O)CCC(=O)O. The van der Waals surface area contributed by atoms with Crippen molar-refractivity contribution in [2.75, 3.05) is 0 Å². The molecule has 0 saturated carbocycles. The van der Waals surface area contributed by atoms with Gasteiger partial charge in [0.25, 0.3) is 0 Å². The fourth-order valence-corrected chi connectivity index (χ4v) is 1.14. The molecule has 1 rings (SSSR count). The van der Waals surface area contributed by atoms with Gasteiger partial charge in [-0.05, 0) is 6.07 Å². The van der Waals surface area contributed by atoms with Gasteiger partial charge < -0.3 is 9.52 Å². The number of furan rings is 1. The van der Waals surface area contributed by atoms with Crippen LogP contribution in [0, 0.1) is 0 Å². The Morgan fingerprint density at radius 3 is 2.73 bits per heavy atom. The lowest BCUT2D eigenvalue weighted by Crippen LogP contribution is -2.06. The highest BCUT2D eigenvalue weighted by atomic mass is 16.4. The molecule has 1 N–H and O–H groups in total. The molecule has 0 aromatic carbocycles. The Labute approximate surface area is 85.7 Å². The van der Waals surface area contributed by atoms with E-state index < -0.39 is 5.97 Å². The number of rotatable bonds is 6. The highest BCUT2D eigenvalue weighted by Crippen LogP contribution is 2.10. The van der Waals surface area contributed by atoms with Gasteiger partial charge in [-0.1, -0.05) is 0 Å². The van der Waals surface area contributed by atoms with Crippen LogP contribution < -0.4 is 0 Å². The van der Waals surface area contributed by atoms with E-state index in [4.69, 9.17) is 9.52 Å². The average molecular weight is 210 g/mol. The van der Waals surface area contributed by atoms with Gasteiger partial charge in [-0.25, -0.2) is 0 Å². The lowest BCUT2D eigenvalue weighted by atomic mass is 10.1. The smallest absolute Gasteiger partial charge is 0.303 e. The molecular formula is C10H10O5. The van der Waals surface area contributed by atoms with Crippen LogP contribution in [-0.4, -0.2) is 23.1 Å². The predicted molar refractivity (Wildman–Crippen MR) is 49.7 cm³/mol. The molecule has 0 spiro atoms. The van der Waals surface area contributed by atoms with E-state index in [1.807, 2.05) is 0 Å². The molecule has 1 heterocycles. The van der Waals surface area contributed by atoms with Crippen LogP contribution in [0.3, 0.4) is 0 Å². The van der Waals surface area contributed by atoms with Gasteiger partial charge in [0.2, 0.25) is 0 Å². The summed E-state index contributed by atoms with van der Waals surface area (Å²) in [6.45, 7) is 0. The van der Waals surface area contributed by atoms with Crippen LogP contribution in [0.15, 0.2) is 16.7 Å². The van der Waals surface area contributed by atoms with Gasteiger partial charge in [0.1, 0.15) is 5.78 Å². The van der Waals surface area contributed by atoms with Crippen LogP contribution in [0.2, 0.25) is 0 Å². The van der Waals surface area contributed by atoms with Gasteiger partial charge in [-0.3, -0.25) is 14.4 Å². The number of hydrogen-bond donors (Lipinski definition) is 1. The van der Waals surface area contributed by atoms with Crippen LogP contribution >= 0.6 is 0 Å². The molecule has 0 unspecified atom stereocenters. The van der Waals surface area contributed by atoms with Crippen LogP contribution in [-0.2, 0) is 16.0 Å². The van der Waals surface area contributed by atoms with E-state index in [1.165, 1.54) is 12.3 Å². The number of carboxylic acids is 1. The van der Waals surface area contributed by atoms with Gasteiger partial charge in [-0.15, -0.1) is 0 Å². The first-order chi connectivity index (χ1) is 7.13. The molecular weight excluding hydrogens is 200 g/mol. The monoisotopic (exact) mass is 210 g/mol. The Balaban J connectivity index is 2.51. The fourth-order valence-electron chi connectivity index (χ4n) is 1.14. The number of hydrogen-bond acceptors (Lipinski definition) is 4. The molecule has 5 heteroatoms. The standard InChI is InChI=1S/C10H10O5/c11-6-9-7(3-4-15-9)5-8(12)1-2-10(13)14/h3-4,6H,1-2,5H2,(H,13,14). The molecule has 0 bridgehead atoms. The molecule has 0 amide bonds. The molecule has 0 fully saturated rings. The van der Waals surface area contributed by atoms with Crippen molar-refractivity contribution in [2.45, 2.75) is 19.3 Å². The van der Waals surface area contributed by atoms with Crippen molar-refractivity contribution in [1.82, 2.24) is 0 Å². The Morgan fingerprint density at radius 2 is 2.13 bits per heavy atom. The summed E-state index contributed by atoms with van der Waals surface area (Å²) < 4.78 is 4.80. The van der Waals surface area contributed by atoms with Crippen molar-refractivity contribution in [3.63, 3.8) is 0 Å². The zero-order valence-electron chi connectivity index (χ0n) is 7.93. The zero-order valence-corrected chi connectivity index (χ0v) is 7.93. The minimum absolute atomic E-state index is 0.0290. The number of ketones is 1. The first kappa shape index (κ1) is 11.2. The predicted octanol–water partition coefficient (Wildman–Crippen LogP) is 1.07. The normalized spacial score (nSPS) is 9.87. The first-order valence-electron chi connectivity index (χ1n) is 4.38. The molecule has 1 aromatic rings. The van der Waals surface area contributed by atoms with Crippen LogP contribution in [0.4, 0.5) is 0 Å². The number of carbonyl (C=O) groups is 3. The highest BCUT2D eigenvalue weighted by Gasteiger charge is 2.11. The quantitative estimate of drug-likeness (QED) is 0.710. The van der Waals surface area contributed by atoms with Crippen molar-refractivity contribution in [3.05, 3.63) is 23.7 Å². The van der Waals surface area contributed by atoms with E-state index in [9.17, 15) is 14.4 Å². The second-order valence-electron chi connectivity index (χ2n) is 3.04. The van der Waals surface area contributed by atoms with Crippen molar-refractivity contribution in [3.8, 4) is 0 Å². The molecule has 1 aromatic heterocycles. The topological polar surface area (TPSA) is 84.6 Å². The Morgan fingerprint density at radius 1 is 1.40 bits per heavy atom. The average Bonchev–Trinajstić information content (AvgIpc) is 2.62. The fraction of sp³-hybridized carbons (Fsp3) is 0.300. The van der Waals surface area contributed by atoms with Crippen molar-refractivity contribution < 1.29 is 23.9 Å². The van der Waals surface area contributed by atoms with Crippen LogP contribution in [0.5, 0.6) is 0 Å². The summed E-state index contributed by atoms with van der Waals surface area (Å²) >= 11 is 0. The number of carboxylic acid groups (broad SMARTS) is 1. The largest absolute Gasteiger partial charge is 0.481 e. The van der Waals surface area contributed by atoms with E-state index in [0.29, 0.717) is 11.8 Å². The summed E-state index contributed by atoms with van der Waals surface area (Å²) in [4.78, 5) is 31.9. The number of aliphatic carboxylic acids is 1. The lowest BCUT2D eigenvalue weighted by molar-refractivity contribution is -0.138. The first-order valence-corrected chi connectivity index (χ1v) is 4.38. The second kappa shape index (κ2) is 5.09.